The number of aryl methyl sites for hydroxylation is 1. The largest absolute Gasteiger partial charge is 0.295 e. The summed E-state index contributed by atoms with van der Waals surface area (Å²) in [6.07, 6.45) is 0. The smallest absolute Gasteiger partial charge is 0.200 e. The number of Topliss-reactive ketones (excluding diaryl/α,β-unsaturated/α-hetero) is 5. The average Bonchev–Trinajstić information content (AvgIpc) is 3.16. The fraction of sp³-hybridized carbons (Fsp3) is 0.167. The van der Waals surface area contributed by atoms with Gasteiger partial charge in [0.05, 0.1) is 16.7 Å². The molecule has 0 N–H and O–H groups in total. The fourth-order valence-corrected chi connectivity index (χ4v) is 4.35. The molecule has 60 heavy (non-hydrogen) atoms. The van der Waals surface area contributed by atoms with E-state index in [1.54, 1.807) is 25.1 Å². The summed E-state index contributed by atoms with van der Waals surface area (Å²) in [7, 11) is 0. The summed E-state index contributed by atoms with van der Waals surface area (Å²) in [6.45, 7) is 8.09. The van der Waals surface area contributed by atoms with Crippen molar-refractivity contribution in [3.8, 4) is 0 Å². The first kappa shape index (κ1) is 51.6. The van der Waals surface area contributed by atoms with Gasteiger partial charge in [-0.25, -0.2) is 57.1 Å². The van der Waals surface area contributed by atoms with Crippen LogP contribution in [0.25, 0.3) is 0 Å². The normalized spacial score (nSPS) is 10.0. The maximum atomic E-state index is 13.0. The summed E-state index contributed by atoms with van der Waals surface area (Å²) in [5.74, 6) is -22.3. The van der Waals surface area contributed by atoms with Gasteiger partial charge in [0, 0.05) is 22.8 Å². The molecule has 5 aromatic rings. The Kier molecular flexibility index (Phi) is 19.4. The van der Waals surface area contributed by atoms with E-state index in [1.807, 2.05) is 0 Å². The first-order chi connectivity index (χ1) is 27.7. The van der Waals surface area contributed by atoms with Crippen LogP contribution in [0.2, 0.25) is 0 Å². The number of ketones is 5. The minimum Gasteiger partial charge on any atom is -0.295 e. The van der Waals surface area contributed by atoms with E-state index in [2.05, 4.69) is 0 Å². The Morgan fingerprint density at radius 1 is 0.350 bits per heavy atom. The summed E-state index contributed by atoms with van der Waals surface area (Å²) in [6, 6.07) is 13.2. The molecule has 0 unspecified atom stereocenters. The highest BCUT2D eigenvalue weighted by molar-refractivity contribution is 5.96. The fourth-order valence-electron chi connectivity index (χ4n) is 4.35. The zero-order valence-electron chi connectivity index (χ0n) is 32.2. The lowest BCUT2D eigenvalue weighted by atomic mass is 10.1. The predicted molar refractivity (Wildman–Crippen MR) is 191 cm³/mol. The van der Waals surface area contributed by atoms with Crippen LogP contribution in [-0.2, 0) is 0 Å². The molecule has 0 heterocycles. The number of carbonyl (C=O) groups is 5. The van der Waals surface area contributed by atoms with Crippen molar-refractivity contribution in [1.82, 2.24) is 0 Å². The summed E-state index contributed by atoms with van der Waals surface area (Å²) in [4.78, 5) is 53.3. The van der Waals surface area contributed by atoms with Crippen LogP contribution < -0.4 is 0 Å². The monoisotopic (exact) mass is 862 g/mol. The van der Waals surface area contributed by atoms with E-state index in [-0.39, 0.29) is 34.3 Å². The van der Waals surface area contributed by atoms with Crippen molar-refractivity contribution in [3.05, 3.63) is 175 Å². The van der Waals surface area contributed by atoms with E-state index in [1.165, 1.54) is 45.0 Å². The molecular weight excluding hydrogens is 831 g/mol. The van der Waals surface area contributed by atoms with E-state index < -0.39 is 98.1 Å². The van der Waals surface area contributed by atoms with Crippen LogP contribution in [0, 0.1) is 89.5 Å². The van der Waals surface area contributed by atoms with Crippen molar-refractivity contribution < 1.29 is 81.0 Å². The lowest BCUT2D eigenvalue weighted by molar-refractivity contribution is 0.0993. The van der Waals surface area contributed by atoms with Crippen LogP contribution >= 0.6 is 0 Å². The molecule has 0 amide bonds. The van der Waals surface area contributed by atoms with Crippen molar-refractivity contribution in [2.45, 2.75) is 48.5 Å². The number of hydrogen-bond acceptors (Lipinski definition) is 5. The molecule has 0 saturated carbocycles. The number of halogens is 13. The van der Waals surface area contributed by atoms with Crippen LogP contribution in [0.5, 0.6) is 0 Å². The second-order valence-electron chi connectivity index (χ2n) is 12.1. The Morgan fingerprint density at radius 3 is 1.05 bits per heavy atom. The molecule has 5 nitrogen and oxygen atoms in total. The molecule has 5 aromatic carbocycles. The predicted octanol–water partition coefficient (Wildman–Crippen LogP) is 11.9. The molecule has 0 aromatic heterocycles. The van der Waals surface area contributed by atoms with Gasteiger partial charge in [-0.1, -0.05) is 24.3 Å². The first-order valence-electron chi connectivity index (χ1n) is 16.5. The third-order valence-corrected chi connectivity index (χ3v) is 7.47. The molecule has 0 atom stereocenters. The van der Waals surface area contributed by atoms with Gasteiger partial charge in [0.2, 0.25) is 5.82 Å². The lowest BCUT2D eigenvalue weighted by Gasteiger charge is -2.06. The third kappa shape index (κ3) is 13.8. The summed E-state index contributed by atoms with van der Waals surface area (Å²) in [5.41, 5.74) is -2.21. The molecular formula is C42H31F13O5. The van der Waals surface area contributed by atoms with Crippen molar-refractivity contribution >= 4 is 28.9 Å². The molecule has 320 valence electrons. The second kappa shape index (κ2) is 22.6. The quantitative estimate of drug-likeness (QED) is 0.0760. The van der Waals surface area contributed by atoms with Crippen molar-refractivity contribution in [3.63, 3.8) is 0 Å². The van der Waals surface area contributed by atoms with Gasteiger partial charge >= 0.3 is 0 Å². The van der Waals surface area contributed by atoms with Crippen LogP contribution in [0.3, 0.4) is 0 Å². The highest BCUT2D eigenvalue weighted by atomic mass is 19.2. The molecule has 0 fully saturated rings. The maximum absolute atomic E-state index is 13.0. The molecule has 0 aliphatic heterocycles. The van der Waals surface area contributed by atoms with E-state index in [4.69, 9.17) is 0 Å². The lowest BCUT2D eigenvalue weighted by Crippen LogP contribution is -2.10. The van der Waals surface area contributed by atoms with Gasteiger partial charge in [-0.05, 0) is 84.4 Å². The highest BCUT2D eigenvalue weighted by Crippen LogP contribution is 2.24. The minimum atomic E-state index is -2.27. The second-order valence-corrected chi connectivity index (χ2v) is 12.1. The molecule has 0 aliphatic carbocycles. The first-order valence-corrected chi connectivity index (χ1v) is 16.5. The standard InChI is InChI=1S/C9H6F4O.C9H9FO.C8H3F5O.C8H6F2O.C8H7FO/c1-3-6(10)8(12)5(4(2)14)9(13)7(3)11;1-6-4-3-5-8(7(2)11)9(6)10;1-2(14)3-4(9)6(11)8(13)7(12)5(3)10;1-5(11)6-2-7(9)4-8(10)3-6;1-6(10)7-3-2-4-8(9)5-7/h1-2H3;3-5H,1-2H3;1H3;2-4H,1H3;2-5H,1H3. The van der Waals surface area contributed by atoms with Crippen LogP contribution in [0.15, 0.2) is 60.7 Å². The molecule has 0 saturated heterocycles. The Hall–Kier alpha value is -6.46. The van der Waals surface area contributed by atoms with Gasteiger partial charge in [-0.3, -0.25) is 24.0 Å². The van der Waals surface area contributed by atoms with Gasteiger partial charge in [0.15, 0.2) is 75.5 Å². The molecule has 5 rings (SSSR count). The van der Waals surface area contributed by atoms with E-state index in [0.717, 1.165) is 32.0 Å². The Morgan fingerprint density at radius 2 is 0.717 bits per heavy atom. The van der Waals surface area contributed by atoms with E-state index in [9.17, 15) is 81.0 Å². The van der Waals surface area contributed by atoms with E-state index in [0.29, 0.717) is 18.1 Å². The molecule has 0 bridgehead atoms. The zero-order chi connectivity index (χ0) is 46.5. The van der Waals surface area contributed by atoms with Gasteiger partial charge in [0.25, 0.3) is 0 Å². The van der Waals surface area contributed by atoms with Crippen molar-refractivity contribution in [2.75, 3.05) is 0 Å². The van der Waals surface area contributed by atoms with Gasteiger partial charge < -0.3 is 0 Å². The number of hydrogen-bond donors (Lipinski definition) is 0. The molecule has 18 heteroatoms. The minimum absolute atomic E-state index is 0.0579. The zero-order valence-corrected chi connectivity index (χ0v) is 32.2. The number of carbonyl (C=O) groups excluding carboxylic acids is 5. The SMILES string of the molecule is CC(=O)c1c(F)c(F)c(C)c(F)c1F.CC(=O)c1c(F)c(F)c(F)c(F)c1F.CC(=O)c1cc(F)cc(F)c1.CC(=O)c1cccc(C)c1F.CC(=O)c1cccc(F)c1. The highest BCUT2D eigenvalue weighted by Gasteiger charge is 2.28. The Labute approximate surface area is 333 Å². The van der Waals surface area contributed by atoms with Crippen molar-refractivity contribution in [2.24, 2.45) is 0 Å². The molecule has 0 spiro atoms. The van der Waals surface area contributed by atoms with Crippen LogP contribution in [-0.4, -0.2) is 28.9 Å². The summed E-state index contributed by atoms with van der Waals surface area (Å²) < 4.78 is 165. The maximum Gasteiger partial charge on any atom is 0.200 e. The van der Waals surface area contributed by atoms with E-state index >= 15 is 0 Å². The van der Waals surface area contributed by atoms with Gasteiger partial charge in [-0.2, -0.15) is 0 Å². The third-order valence-electron chi connectivity index (χ3n) is 7.47. The van der Waals surface area contributed by atoms with Crippen LogP contribution in [0.1, 0.15) is 97.5 Å². The number of rotatable bonds is 5. The Bertz CT molecular complexity index is 2290. The Balaban J connectivity index is 0.000000377. The topological polar surface area (TPSA) is 85.3 Å². The summed E-state index contributed by atoms with van der Waals surface area (Å²) in [5, 5.41) is 0. The van der Waals surface area contributed by atoms with Gasteiger partial charge in [-0.15, -0.1) is 0 Å². The molecule has 0 radical (unpaired) electrons. The molecule has 0 aliphatic rings. The van der Waals surface area contributed by atoms with Gasteiger partial charge in [0.1, 0.15) is 23.3 Å². The average molecular weight is 863 g/mol. The van der Waals surface area contributed by atoms with Crippen LogP contribution in [0.4, 0.5) is 57.1 Å². The van der Waals surface area contributed by atoms with Crippen molar-refractivity contribution in [1.29, 1.82) is 0 Å². The summed E-state index contributed by atoms with van der Waals surface area (Å²) >= 11 is 0. The number of benzene rings is 5.